The molecule has 0 radical (unpaired) electrons. The first-order valence-corrected chi connectivity index (χ1v) is 9.75. The van der Waals surface area contributed by atoms with E-state index >= 15 is 0 Å². The van der Waals surface area contributed by atoms with Gasteiger partial charge in [0, 0.05) is 46.4 Å². The van der Waals surface area contributed by atoms with Crippen LogP contribution in [0, 0.1) is 6.92 Å². The van der Waals surface area contributed by atoms with Crippen LogP contribution in [0.4, 0.5) is 0 Å². The van der Waals surface area contributed by atoms with E-state index in [2.05, 4.69) is 10.2 Å². The second-order valence-corrected chi connectivity index (χ2v) is 7.64. The molecule has 144 valence electrons. The molecule has 28 heavy (non-hydrogen) atoms. The number of ether oxygens (including phenoxy) is 1. The van der Waals surface area contributed by atoms with Crippen molar-refractivity contribution < 1.29 is 9.53 Å². The molecule has 3 aromatic rings. The molecule has 2 heterocycles. The number of hydrogen-bond donors (Lipinski definition) is 1. The standard InChI is InChI=1S/C21H19Cl2N3O2/c1-13-10-16(6-7-18(13)23)28-12-20(27)26-9-8-19-17(11-26)21(25-24-19)14-2-4-15(22)5-3-14/h2-7,10H,8-9,11-12H2,1H3,(H,24,25). The number of carbonyl (C=O) groups is 1. The quantitative estimate of drug-likeness (QED) is 0.673. The van der Waals surface area contributed by atoms with E-state index in [9.17, 15) is 4.79 Å². The lowest BCUT2D eigenvalue weighted by Crippen LogP contribution is -2.38. The van der Waals surface area contributed by atoms with E-state index in [1.807, 2.05) is 37.3 Å². The Hall–Kier alpha value is -2.50. The normalized spacial score (nSPS) is 13.3. The van der Waals surface area contributed by atoms with Crippen LogP contribution >= 0.6 is 23.2 Å². The number of rotatable bonds is 4. The number of aryl methyl sites for hydroxylation is 1. The van der Waals surface area contributed by atoms with Gasteiger partial charge in [-0.2, -0.15) is 5.10 Å². The molecule has 0 saturated carbocycles. The molecule has 0 atom stereocenters. The van der Waals surface area contributed by atoms with Crippen LogP contribution in [0.1, 0.15) is 16.8 Å². The van der Waals surface area contributed by atoms with Crippen molar-refractivity contribution >= 4 is 29.1 Å². The summed E-state index contributed by atoms with van der Waals surface area (Å²) in [5.74, 6) is 0.583. The minimum Gasteiger partial charge on any atom is -0.484 e. The number of aromatic nitrogens is 2. The van der Waals surface area contributed by atoms with Gasteiger partial charge in [-0.15, -0.1) is 0 Å². The van der Waals surface area contributed by atoms with E-state index in [1.54, 1.807) is 17.0 Å². The molecular formula is C21H19Cl2N3O2. The van der Waals surface area contributed by atoms with Gasteiger partial charge in [0.1, 0.15) is 5.75 Å². The molecule has 1 aromatic heterocycles. The number of hydrogen-bond acceptors (Lipinski definition) is 3. The monoisotopic (exact) mass is 415 g/mol. The Morgan fingerprint density at radius 3 is 2.75 bits per heavy atom. The third-order valence-corrected chi connectivity index (χ3v) is 5.57. The Morgan fingerprint density at radius 2 is 2.00 bits per heavy atom. The molecule has 0 aliphatic carbocycles. The third-order valence-electron chi connectivity index (χ3n) is 4.90. The second-order valence-electron chi connectivity index (χ2n) is 6.80. The highest BCUT2D eigenvalue weighted by Gasteiger charge is 2.26. The fourth-order valence-corrected chi connectivity index (χ4v) is 3.54. The summed E-state index contributed by atoms with van der Waals surface area (Å²) in [6, 6.07) is 12.9. The highest BCUT2D eigenvalue weighted by molar-refractivity contribution is 6.31. The average molecular weight is 416 g/mol. The van der Waals surface area contributed by atoms with Gasteiger partial charge < -0.3 is 9.64 Å². The van der Waals surface area contributed by atoms with E-state index in [-0.39, 0.29) is 12.5 Å². The van der Waals surface area contributed by atoms with Crippen molar-refractivity contribution in [3.05, 3.63) is 69.3 Å². The molecule has 1 amide bonds. The van der Waals surface area contributed by atoms with Crippen molar-refractivity contribution in [2.24, 2.45) is 0 Å². The van der Waals surface area contributed by atoms with Crippen LogP contribution in [0.3, 0.4) is 0 Å². The minimum atomic E-state index is -0.0542. The van der Waals surface area contributed by atoms with E-state index in [1.165, 1.54) is 0 Å². The number of fused-ring (bicyclic) bond motifs is 1. The molecule has 7 heteroatoms. The number of benzene rings is 2. The zero-order valence-corrected chi connectivity index (χ0v) is 16.8. The number of halogens is 2. The van der Waals surface area contributed by atoms with Crippen molar-refractivity contribution in [3.63, 3.8) is 0 Å². The summed E-state index contributed by atoms with van der Waals surface area (Å²) in [7, 11) is 0. The van der Waals surface area contributed by atoms with E-state index < -0.39 is 0 Å². The lowest BCUT2D eigenvalue weighted by molar-refractivity contribution is -0.134. The van der Waals surface area contributed by atoms with Crippen LogP contribution in [0.25, 0.3) is 11.3 Å². The summed E-state index contributed by atoms with van der Waals surface area (Å²) < 4.78 is 5.67. The first-order chi connectivity index (χ1) is 13.5. The van der Waals surface area contributed by atoms with Gasteiger partial charge in [0.15, 0.2) is 6.61 Å². The Balaban J connectivity index is 1.45. The van der Waals surface area contributed by atoms with E-state index in [0.717, 1.165) is 34.5 Å². The zero-order chi connectivity index (χ0) is 19.7. The highest BCUT2D eigenvalue weighted by Crippen LogP contribution is 2.29. The van der Waals surface area contributed by atoms with Crippen molar-refractivity contribution in [3.8, 4) is 17.0 Å². The van der Waals surface area contributed by atoms with E-state index in [4.69, 9.17) is 27.9 Å². The zero-order valence-electron chi connectivity index (χ0n) is 15.3. The third kappa shape index (κ3) is 3.86. The van der Waals surface area contributed by atoms with Crippen LogP contribution in [-0.2, 0) is 17.8 Å². The van der Waals surface area contributed by atoms with Crippen molar-refractivity contribution in [2.45, 2.75) is 19.9 Å². The van der Waals surface area contributed by atoms with Gasteiger partial charge in [0.05, 0.1) is 5.69 Å². The maximum Gasteiger partial charge on any atom is 0.260 e. The molecule has 1 N–H and O–H groups in total. The van der Waals surface area contributed by atoms with Crippen LogP contribution in [0.5, 0.6) is 5.75 Å². The number of amides is 1. The van der Waals surface area contributed by atoms with Gasteiger partial charge in [0.2, 0.25) is 0 Å². The summed E-state index contributed by atoms with van der Waals surface area (Å²) in [5.41, 5.74) is 4.87. The molecular weight excluding hydrogens is 397 g/mol. The van der Waals surface area contributed by atoms with Crippen LogP contribution in [0.2, 0.25) is 10.0 Å². The fraction of sp³-hybridized carbons (Fsp3) is 0.238. The minimum absolute atomic E-state index is 0.00939. The fourth-order valence-electron chi connectivity index (χ4n) is 3.30. The van der Waals surface area contributed by atoms with Gasteiger partial charge in [0.25, 0.3) is 5.91 Å². The lowest BCUT2D eigenvalue weighted by Gasteiger charge is -2.27. The van der Waals surface area contributed by atoms with Gasteiger partial charge in [-0.05, 0) is 42.8 Å². The molecule has 1 aliphatic rings. The van der Waals surface area contributed by atoms with E-state index in [0.29, 0.717) is 28.9 Å². The second kappa shape index (κ2) is 7.86. The van der Waals surface area contributed by atoms with Crippen LogP contribution in [-0.4, -0.2) is 34.2 Å². The van der Waals surface area contributed by atoms with Crippen LogP contribution in [0.15, 0.2) is 42.5 Å². The predicted molar refractivity (Wildman–Crippen MR) is 110 cm³/mol. The van der Waals surface area contributed by atoms with Crippen molar-refractivity contribution in [1.82, 2.24) is 15.1 Å². The Labute approximate surface area is 173 Å². The SMILES string of the molecule is Cc1cc(OCC(=O)N2CCc3[nH]nc(-c4ccc(Cl)cc4)c3C2)ccc1Cl. The number of carbonyl (C=O) groups excluding carboxylic acids is 1. The molecule has 0 saturated heterocycles. The summed E-state index contributed by atoms with van der Waals surface area (Å²) in [4.78, 5) is 14.5. The Bertz CT molecular complexity index is 1010. The molecule has 4 rings (SSSR count). The number of aromatic amines is 1. The predicted octanol–water partition coefficient (Wildman–Crippen LogP) is 4.66. The average Bonchev–Trinajstić information content (AvgIpc) is 3.12. The van der Waals surface area contributed by atoms with Gasteiger partial charge in [-0.3, -0.25) is 9.89 Å². The smallest absolute Gasteiger partial charge is 0.260 e. The molecule has 0 fully saturated rings. The molecule has 5 nitrogen and oxygen atoms in total. The topological polar surface area (TPSA) is 58.2 Å². The number of nitrogens with zero attached hydrogens (tertiary/aromatic N) is 2. The summed E-state index contributed by atoms with van der Waals surface area (Å²) >= 11 is 12.0. The molecule has 0 spiro atoms. The lowest BCUT2D eigenvalue weighted by atomic mass is 10.0. The first kappa shape index (κ1) is 18.8. The van der Waals surface area contributed by atoms with Crippen molar-refractivity contribution in [2.75, 3.05) is 13.2 Å². The molecule has 2 aromatic carbocycles. The molecule has 0 unspecified atom stereocenters. The first-order valence-electron chi connectivity index (χ1n) is 9.00. The summed E-state index contributed by atoms with van der Waals surface area (Å²) in [6.07, 6.45) is 0.738. The maximum atomic E-state index is 12.7. The largest absolute Gasteiger partial charge is 0.484 e. The molecule has 0 bridgehead atoms. The Morgan fingerprint density at radius 1 is 1.21 bits per heavy atom. The van der Waals surface area contributed by atoms with Gasteiger partial charge in [-0.25, -0.2) is 0 Å². The Kier molecular flexibility index (Phi) is 5.29. The van der Waals surface area contributed by atoms with Gasteiger partial charge >= 0.3 is 0 Å². The van der Waals surface area contributed by atoms with Crippen molar-refractivity contribution in [1.29, 1.82) is 0 Å². The maximum absolute atomic E-state index is 12.7. The van der Waals surface area contributed by atoms with Gasteiger partial charge in [-0.1, -0.05) is 35.3 Å². The number of H-pyrrole nitrogens is 1. The summed E-state index contributed by atoms with van der Waals surface area (Å²) in [6.45, 7) is 3.04. The van der Waals surface area contributed by atoms with Crippen LogP contribution < -0.4 is 4.74 Å². The summed E-state index contributed by atoms with van der Waals surface area (Å²) in [5, 5.41) is 8.91. The number of nitrogens with one attached hydrogen (secondary N) is 1. The highest BCUT2D eigenvalue weighted by atomic mass is 35.5. The molecule has 1 aliphatic heterocycles.